The van der Waals surface area contributed by atoms with Crippen molar-refractivity contribution in [2.45, 2.75) is 51.9 Å². The van der Waals surface area contributed by atoms with Gasteiger partial charge >= 0.3 is 5.91 Å². The largest absolute Gasteiger partial charge is 0.340 e. The maximum Gasteiger partial charge on any atom is 0.340 e. The molecule has 25 heavy (non-hydrogen) atoms. The first-order valence-electron chi connectivity index (χ1n) is 9.77. The normalized spacial score (nSPS) is 24.4. The van der Waals surface area contributed by atoms with Crippen LogP contribution in [0.4, 0.5) is 0 Å². The van der Waals surface area contributed by atoms with Crippen LogP contribution in [-0.2, 0) is 17.6 Å². The highest BCUT2D eigenvalue weighted by Gasteiger charge is 2.27. The summed E-state index contributed by atoms with van der Waals surface area (Å²) in [5.74, 6) is 1.36. The smallest absolute Gasteiger partial charge is 0.316 e. The fourth-order valence-corrected chi connectivity index (χ4v) is 4.38. The van der Waals surface area contributed by atoms with Crippen molar-refractivity contribution in [2.24, 2.45) is 17.8 Å². The van der Waals surface area contributed by atoms with Gasteiger partial charge in [-0.05, 0) is 80.7 Å². The fraction of sp³-hybridized carbons (Fsp3) is 0.619. The molecule has 1 aromatic carbocycles. The SMILES string of the molecule is CC(CCC1CCc2ccc(C([NH3+])=O)cc2C1)C(=O)C1CCCNC1. The number of carbonyl (C=O) groups is 2. The highest BCUT2D eigenvalue weighted by Crippen LogP contribution is 2.31. The van der Waals surface area contributed by atoms with Crippen LogP contribution < -0.4 is 11.1 Å². The Morgan fingerprint density at radius 3 is 2.84 bits per heavy atom. The van der Waals surface area contributed by atoms with E-state index in [0.29, 0.717) is 17.3 Å². The molecular weight excluding hydrogens is 312 g/mol. The number of fused-ring (bicyclic) bond motifs is 1. The van der Waals surface area contributed by atoms with E-state index in [4.69, 9.17) is 0 Å². The monoisotopic (exact) mass is 343 g/mol. The molecule has 0 bridgehead atoms. The first-order chi connectivity index (χ1) is 12.0. The molecule has 1 heterocycles. The Hall–Kier alpha value is -1.52. The summed E-state index contributed by atoms with van der Waals surface area (Å²) in [6.07, 6.45) is 7.57. The summed E-state index contributed by atoms with van der Waals surface area (Å²) in [6.45, 7) is 4.02. The first kappa shape index (κ1) is 18.3. The zero-order chi connectivity index (χ0) is 17.8. The van der Waals surface area contributed by atoms with E-state index in [9.17, 15) is 9.59 Å². The third kappa shape index (κ3) is 4.56. The third-order valence-electron chi connectivity index (χ3n) is 6.05. The van der Waals surface area contributed by atoms with E-state index in [1.807, 2.05) is 12.1 Å². The molecule has 0 saturated carbocycles. The van der Waals surface area contributed by atoms with Gasteiger partial charge in [-0.25, -0.2) is 4.79 Å². The zero-order valence-electron chi connectivity index (χ0n) is 15.4. The lowest BCUT2D eigenvalue weighted by Crippen LogP contribution is -2.56. The highest BCUT2D eigenvalue weighted by atomic mass is 16.1. The maximum atomic E-state index is 12.6. The van der Waals surface area contributed by atoms with Crippen LogP contribution in [0, 0.1) is 17.8 Å². The molecule has 1 amide bonds. The van der Waals surface area contributed by atoms with Crippen LogP contribution in [0.15, 0.2) is 18.2 Å². The van der Waals surface area contributed by atoms with Crippen molar-refractivity contribution in [3.8, 4) is 0 Å². The van der Waals surface area contributed by atoms with Crippen molar-refractivity contribution >= 4 is 11.7 Å². The van der Waals surface area contributed by atoms with E-state index >= 15 is 0 Å². The molecular formula is C21H31N2O2+. The minimum Gasteiger partial charge on any atom is -0.316 e. The van der Waals surface area contributed by atoms with Gasteiger partial charge in [-0.15, -0.1) is 0 Å². The van der Waals surface area contributed by atoms with E-state index in [-0.39, 0.29) is 17.7 Å². The molecule has 4 nitrogen and oxygen atoms in total. The molecule has 4 heteroatoms. The molecule has 4 N–H and O–H groups in total. The number of Topliss-reactive ketones (excluding diaryl/α,β-unsaturated/α-hetero) is 1. The summed E-state index contributed by atoms with van der Waals surface area (Å²) >= 11 is 0. The lowest BCUT2D eigenvalue weighted by molar-refractivity contribution is -0.255. The molecule has 0 aromatic heterocycles. The molecule has 3 atom stereocenters. The number of carbonyl (C=O) groups excluding carboxylic acids is 2. The minimum atomic E-state index is -0.106. The van der Waals surface area contributed by atoms with Crippen LogP contribution in [0.5, 0.6) is 0 Å². The van der Waals surface area contributed by atoms with Gasteiger partial charge < -0.3 is 5.32 Å². The lowest BCUT2D eigenvalue weighted by Gasteiger charge is -2.27. The Labute approximate surface area is 150 Å². The summed E-state index contributed by atoms with van der Waals surface area (Å²) < 4.78 is 0. The van der Waals surface area contributed by atoms with Crippen LogP contribution >= 0.6 is 0 Å². The number of amides is 1. The predicted molar refractivity (Wildman–Crippen MR) is 98.2 cm³/mol. The predicted octanol–water partition coefficient (Wildman–Crippen LogP) is 2.16. The summed E-state index contributed by atoms with van der Waals surface area (Å²) in [5.41, 5.74) is 6.91. The van der Waals surface area contributed by atoms with Crippen LogP contribution in [0.3, 0.4) is 0 Å². The number of hydrogen-bond donors (Lipinski definition) is 2. The summed E-state index contributed by atoms with van der Waals surface area (Å²) in [5, 5.41) is 3.35. The van der Waals surface area contributed by atoms with Gasteiger partial charge in [-0.2, -0.15) is 0 Å². The van der Waals surface area contributed by atoms with Gasteiger partial charge in [0.05, 0.1) is 5.56 Å². The van der Waals surface area contributed by atoms with Gasteiger partial charge in [-0.1, -0.05) is 13.0 Å². The van der Waals surface area contributed by atoms with E-state index in [1.54, 1.807) is 0 Å². The van der Waals surface area contributed by atoms with Crippen molar-refractivity contribution in [1.82, 2.24) is 5.32 Å². The Bertz CT molecular complexity index is 635. The Morgan fingerprint density at radius 2 is 2.12 bits per heavy atom. The second-order valence-electron chi connectivity index (χ2n) is 7.94. The molecule has 136 valence electrons. The number of nitrogens with one attached hydrogen (secondary N) is 1. The molecule has 2 aliphatic rings. The molecule has 0 radical (unpaired) electrons. The van der Waals surface area contributed by atoms with Gasteiger partial charge in [-0.3, -0.25) is 10.5 Å². The highest BCUT2D eigenvalue weighted by molar-refractivity contribution is 5.86. The standard InChI is InChI=1S/C21H30N2O2/c1-14(20(24)18-3-2-10-23-13-18)4-5-15-6-7-16-8-9-17(21(22)25)12-19(16)11-15/h8-9,12,14-15,18,23H,2-7,10-11,13H2,1H3,(H2,22,25)/p+1. The third-order valence-corrected chi connectivity index (χ3v) is 6.05. The van der Waals surface area contributed by atoms with E-state index in [2.05, 4.69) is 24.0 Å². The van der Waals surface area contributed by atoms with Crippen LogP contribution in [0.2, 0.25) is 0 Å². The number of aryl methyl sites for hydroxylation is 1. The minimum absolute atomic E-state index is 0.106. The quantitative estimate of drug-likeness (QED) is 0.831. The van der Waals surface area contributed by atoms with E-state index in [1.165, 1.54) is 17.5 Å². The molecule has 3 unspecified atom stereocenters. The van der Waals surface area contributed by atoms with Crippen molar-refractivity contribution in [2.75, 3.05) is 13.1 Å². The topological polar surface area (TPSA) is 73.8 Å². The summed E-state index contributed by atoms with van der Waals surface area (Å²) in [6, 6.07) is 6.01. The molecule has 1 saturated heterocycles. The molecule has 3 rings (SSSR count). The fourth-order valence-electron chi connectivity index (χ4n) is 4.38. The van der Waals surface area contributed by atoms with Crippen molar-refractivity contribution in [1.29, 1.82) is 0 Å². The first-order valence-corrected chi connectivity index (χ1v) is 9.77. The zero-order valence-corrected chi connectivity index (χ0v) is 15.4. The molecule has 0 spiro atoms. The summed E-state index contributed by atoms with van der Waals surface area (Å²) in [7, 11) is 0. The number of hydrogen-bond acceptors (Lipinski definition) is 3. The van der Waals surface area contributed by atoms with Crippen LogP contribution in [-0.4, -0.2) is 24.8 Å². The maximum absolute atomic E-state index is 12.6. The number of ketones is 1. The van der Waals surface area contributed by atoms with Gasteiger partial charge in [0.1, 0.15) is 5.78 Å². The second-order valence-corrected chi connectivity index (χ2v) is 7.94. The van der Waals surface area contributed by atoms with Crippen LogP contribution in [0.25, 0.3) is 0 Å². The van der Waals surface area contributed by atoms with Gasteiger partial charge in [0.2, 0.25) is 0 Å². The molecule has 1 aromatic rings. The number of piperidine rings is 1. The van der Waals surface area contributed by atoms with Gasteiger partial charge in [0, 0.05) is 18.4 Å². The Balaban J connectivity index is 1.53. The number of benzene rings is 1. The lowest BCUT2D eigenvalue weighted by atomic mass is 9.78. The van der Waals surface area contributed by atoms with Crippen LogP contribution in [0.1, 0.15) is 60.5 Å². The Kier molecular flexibility index (Phi) is 6.02. The Morgan fingerprint density at radius 1 is 1.28 bits per heavy atom. The average molecular weight is 343 g/mol. The second kappa shape index (κ2) is 8.24. The van der Waals surface area contributed by atoms with Gasteiger partial charge in [0.25, 0.3) is 0 Å². The van der Waals surface area contributed by atoms with E-state index < -0.39 is 0 Å². The molecule has 1 aliphatic carbocycles. The average Bonchev–Trinajstić information content (AvgIpc) is 2.65. The summed E-state index contributed by atoms with van der Waals surface area (Å²) in [4.78, 5) is 24.1. The molecule has 1 aliphatic heterocycles. The number of quaternary nitrogens is 1. The molecule has 1 fully saturated rings. The van der Waals surface area contributed by atoms with Crippen molar-refractivity contribution in [3.63, 3.8) is 0 Å². The van der Waals surface area contributed by atoms with Gasteiger partial charge in [0.15, 0.2) is 0 Å². The van der Waals surface area contributed by atoms with E-state index in [0.717, 1.165) is 51.6 Å². The number of rotatable bonds is 6. The van der Waals surface area contributed by atoms with Crippen molar-refractivity contribution < 1.29 is 15.3 Å². The van der Waals surface area contributed by atoms with Crippen molar-refractivity contribution in [3.05, 3.63) is 34.9 Å².